The predicted molar refractivity (Wildman–Crippen MR) is 71.9 cm³/mol. The second kappa shape index (κ2) is 5.87. The first-order chi connectivity index (χ1) is 8.36. The van der Waals surface area contributed by atoms with Crippen LogP contribution in [-0.2, 0) is 6.54 Å². The smallest absolute Gasteiger partial charge is 0.152 e. The molecule has 2 rings (SSSR count). The molecule has 0 N–H and O–H groups in total. The number of benzene rings is 1. The van der Waals surface area contributed by atoms with Crippen LogP contribution >= 0.6 is 11.6 Å². The number of hydrogen-bond acceptors (Lipinski definition) is 1. The molecule has 2 nitrogen and oxygen atoms in total. The summed E-state index contributed by atoms with van der Waals surface area (Å²) in [5.41, 5.74) is 1.92. The van der Waals surface area contributed by atoms with Crippen molar-refractivity contribution in [2.24, 2.45) is 0 Å². The molecule has 1 heterocycles. The number of aromatic nitrogens is 1. The molecule has 2 aromatic rings. The number of nitrogens with zero attached hydrogens (tertiary/aromatic N) is 1. The fourth-order valence-corrected chi connectivity index (χ4v) is 2.30. The quantitative estimate of drug-likeness (QED) is 0.433. The fraction of sp³-hybridized carbons (Fsp3) is 0.357. The average Bonchev–Trinajstić information content (AvgIpc) is 2.73. The van der Waals surface area contributed by atoms with Crippen molar-refractivity contribution in [3.63, 3.8) is 0 Å². The van der Waals surface area contributed by atoms with Crippen molar-refractivity contribution in [3.05, 3.63) is 36.0 Å². The van der Waals surface area contributed by atoms with Crippen molar-refractivity contribution >= 4 is 28.8 Å². The summed E-state index contributed by atoms with van der Waals surface area (Å²) in [5, 5.41) is 1.04. The molecule has 1 aromatic heterocycles. The molecule has 0 saturated heterocycles. The third-order valence-corrected chi connectivity index (χ3v) is 3.25. The van der Waals surface area contributed by atoms with Crippen molar-refractivity contribution in [2.45, 2.75) is 25.8 Å². The number of rotatable bonds is 6. The number of carbonyl (C=O) groups is 1. The maximum Gasteiger partial charge on any atom is 0.152 e. The minimum Gasteiger partial charge on any atom is -0.347 e. The lowest BCUT2D eigenvalue weighted by Gasteiger charge is -2.04. The van der Waals surface area contributed by atoms with E-state index in [1.165, 1.54) is 0 Å². The van der Waals surface area contributed by atoms with Crippen molar-refractivity contribution in [1.29, 1.82) is 0 Å². The highest BCUT2D eigenvalue weighted by molar-refractivity contribution is 6.17. The van der Waals surface area contributed by atoms with Gasteiger partial charge < -0.3 is 4.57 Å². The first kappa shape index (κ1) is 12.2. The Labute approximate surface area is 106 Å². The lowest BCUT2D eigenvalue weighted by atomic mass is 10.2. The number of aryl methyl sites for hydroxylation is 1. The number of para-hydroxylation sites is 1. The van der Waals surface area contributed by atoms with Crippen LogP contribution in [0, 0.1) is 0 Å². The van der Waals surface area contributed by atoms with Crippen LogP contribution in [0.4, 0.5) is 0 Å². The maximum absolute atomic E-state index is 11.0. The van der Waals surface area contributed by atoms with Gasteiger partial charge in [0.2, 0.25) is 0 Å². The van der Waals surface area contributed by atoms with Crippen LogP contribution in [0.1, 0.15) is 29.6 Å². The van der Waals surface area contributed by atoms with Gasteiger partial charge in [-0.25, -0.2) is 0 Å². The lowest BCUT2D eigenvalue weighted by Crippen LogP contribution is -1.96. The zero-order chi connectivity index (χ0) is 12.1. The van der Waals surface area contributed by atoms with Crippen molar-refractivity contribution in [1.82, 2.24) is 4.57 Å². The molecule has 0 atom stereocenters. The van der Waals surface area contributed by atoms with Crippen LogP contribution in [0.25, 0.3) is 10.9 Å². The van der Waals surface area contributed by atoms with Gasteiger partial charge in [-0.1, -0.05) is 24.6 Å². The van der Waals surface area contributed by atoms with Crippen LogP contribution in [0.15, 0.2) is 30.5 Å². The third-order valence-electron chi connectivity index (χ3n) is 2.98. The van der Waals surface area contributed by atoms with Gasteiger partial charge in [-0.3, -0.25) is 4.79 Å². The Kier molecular flexibility index (Phi) is 4.21. The maximum atomic E-state index is 11.0. The Morgan fingerprint density at radius 2 is 2.00 bits per heavy atom. The summed E-state index contributed by atoms with van der Waals surface area (Å²) in [6.45, 7) is 0.950. The second-order valence-electron chi connectivity index (χ2n) is 4.16. The summed E-state index contributed by atoms with van der Waals surface area (Å²) in [6, 6.07) is 8.03. The molecular formula is C14H16ClNO. The number of unbranched alkanes of at least 4 members (excludes halogenated alkanes) is 2. The van der Waals surface area contributed by atoms with Crippen LogP contribution < -0.4 is 0 Å². The van der Waals surface area contributed by atoms with E-state index < -0.39 is 0 Å². The Morgan fingerprint density at radius 3 is 2.76 bits per heavy atom. The molecule has 3 heteroatoms. The molecule has 17 heavy (non-hydrogen) atoms. The number of hydrogen-bond donors (Lipinski definition) is 0. The Balaban J connectivity index is 2.19. The first-order valence-electron chi connectivity index (χ1n) is 5.96. The van der Waals surface area contributed by atoms with E-state index in [0.29, 0.717) is 0 Å². The van der Waals surface area contributed by atoms with Crippen LogP contribution in [0.2, 0.25) is 0 Å². The van der Waals surface area contributed by atoms with Crippen molar-refractivity contribution in [2.75, 3.05) is 5.88 Å². The minimum atomic E-state index is 0.728. The SMILES string of the molecule is O=Cc1cn(CCCCCCl)c2ccccc12. The molecule has 0 amide bonds. The minimum absolute atomic E-state index is 0.728. The van der Waals surface area contributed by atoms with Gasteiger partial charge in [0.15, 0.2) is 6.29 Å². The summed E-state index contributed by atoms with van der Waals surface area (Å²) in [5.74, 6) is 0.728. The van der Waals surface area contributed by atoms with Gasteiger partial charge in [-0.2, -0.15) is 0 Å². The Bertz CT molecular complexity index is 504. The van der Waals surface area contributed by atoms with Gasteiger partial charge in [-0.05, 0) is 18.9 Å². The number of fused-ring (bicyclic) bond motifs is 1. The molecular weight excluding hydrogens is 234 g/mol. The molecule has 0 aliphatic heterocycles. The highest BCUT2D eigenvalue weighted by atomic mass is 35.5. The first-order valence-corrected chi connectivity index (χ1v) is 6.49. The molecule has 0 saturated carbocycles. The third kappa shape index (κ3) is 2.70. The highest BCUT2D eigenvalue weighted by Gasteiger charge is 2.06. The average molecular weight is 250 g/mol. The molecule has 0 aliphatic rings. The molecule has 0 spiro atoms. The number of halogens is 1. The van der Waals surface area contributed by atoms with E-state index in [2.05, 4.69) is 10.6 Å². The number of alkyl halides is 1. The van der Waals surface area contributed by atoms with E-state index in [9.17, 15) is 4.79 Å². The highest BCUT2D eigenvalue weighted by Crippen LogP contribution is 2.20. The molecule has 0 fully saturated rings. The molecule has 90 valence electrons. The summed E-state index contributed by atoms with van der Waals surface area (Å²) in [6.07, 6.45) is 6.16. The summed E-state index contributed by atoms with van der Waals surface area (Å²) >= 11 is 5.65. The van der Waals surface area contributed by atoms with Crippen molar-refractivity contribution < 1.29 is 4.79 Å². The van der Waals surface area contributed by atoms with Crippen LogP contribution in [0.5, 0.6) is 0 Å². The van der Waals surface area contributed by atoms with Gasteiger partial charge in [-0.15, -0.1) is 11.6 Å². The van der Waals surface area contributed by atoms with Gasteiger partial charge in [0.1, 0.15) is 0 Å². The van der Waals surface area contributed by atoms with Gasteiger partial charge >= 0.3 is 0 Å². The molecule has 0 aliphatic carbocycles. The number of aldehydes is 1. The van der Waals surface area contributed by atoms with Crippen LogP contribution in [0.3, 0.4) is 0 Å². The zero-order valence-electron chi connectivity index (χ0n) is 9.73. The molecule has 0 bridgehead atoms. The van der Waals surface area contributed by atoms with Gasteiger partial charge in [0.05, 0.1) is 0 Å². The topological polar surface area (TPSA) is 22.0 Å². The normalized spacial score (nSPS) is 10.9. The van der Waals surface area contributed by atoms with Crippen LogP contribution in [-0.4, -0.2) is 16.7 Å². The van der Waals surface area contributed by atoms with Crippen molar-refractivity contribution in [3.8, 4) is 0 Å². The fourth-order valence-electron chi connectivity index (χ4n) is 2.11. The summed E-state index contributed by atoms with van der Waals surface area (Å²) in [4.78, 5) is 11.0. The largest absolute Gasteiger partial charge is 0.347 e. The molecule has 1 aromatic carbocycles. The summed E-state index contributed by atoms with van der Waals surface area (Å²) < 4.78 is 2.16. The van der Waals surface area contributed by atoms with Gasteiger partial charge in [0.25, 0.3) is 0 Å². The Morgan fingerprint density at radius 1 is 1.18 bits per heavy atom. The molecule has 0 unspecified atom stereocenters. The zero-order valence-corrected chi connectivity index (χ0v) is 10.5. The molecule has 0 radical (unpaired) electrons. The van der Waals surface area contributed by atoms with E-state index in [0.717, 1.165) is 54.4 Å². The number of carbonyl (C=O) groups excluding carboxylic acids is 1. The lowest BCUT2D eigenvalue weighted by molar-refractivity contribution is 0.112. The second-order valence-corrected chi connectivity index (χ2v) is 4.54. The Hall–Kier alpha value is -1.28. The van der Waals surface area contributed by atoms with E-state index >= 15 is 0 Å². The van der Waals surface area contributed by atoms with E-state index in [4.69, 9.17) is 11.6 Å². The van der Waals surface area contributed by atoms with Gasteiger partial charge in [0, 0.05) is 35.1 Å². The summed E-state index contributed by atoms with van der Waals surface area (Å²) in [7, 11) is 0. The predicted octanol–water partition coefficient (Wildman–Crippen LogP) is 3.86. The van der Waals surface area contributed by atoms with E-state index in [1.807, 2.05) is 24.4 Å². The van der Waals surface area contributed by atoms with E-state index in [1.54, 1.807) is 0 Å². The monoisotopic (exact) mass is 249 g/mol. The van der Waals surface area contributed by atoms with E-state index in [-0.39, 0.29) is 0 Å². The standard InChI is InChI=1S/C14H16ClNO/c15-8-4-1-5-9-16-10-12(11-17)13-6-2-3-7-14(13)16/h2-3,6-7,10-11H,1,4-5,8-9H2.